The van der Waals surface area contributed by atoms with Crippen molar-refractivity contribution < 1.29 is 19.1 Å². The van der Waals surface area contributed by atoms with Crippen molar-refractivity contribution in [1.29, 1.82) is 0 Å². The van der Waals surface area contributed by atoms with Gasteiger partial charge in [-0.2, -0.15) is 0 Å². The van der Waals surface area contributed by atoms with E-state index in [2.05, 4.69) is 0 Å². The van der Waals surface area contributed by atoms with Crippen molar-refractivity contribution in [1.82, 2.24) is 4.57 Å². The standard InChI is InChI=1S/C18H17FN2O4/c1-2-20-8-11(18(24)25)17(23)10-7-12(19)16-14(15(10)20)13(22)6-9-4-3-5-21(9)16/h7-9H,2-6H2,1H3,(H,24,25). The van der Waals surface area contributed by atoms with Crippen LogP contribution >= 0.6 is 0 Å². The van der Waals surface area contributed by atoms with E-state index in [1.54, 1.807) is 11.5 Å². The summed E-state index contributed by atoms with van der Waals surface area (Å²) in [5, 5.41) is 9.19. The first-order chi connectivity index (χ1) is 11.9. The molecule has 0 amide bonds. The Labute approximate surface area is 142 Å². The van der Waals surface area contributed by atoms with E-state index in [9.17, 15) is 23.9 Å². The number of carbonyl (C=O) groups excluding carboxylic acids is 1. The van der Waals surface area contributed by atoms with E-state index in [1.807, 2.05) is 4.90 Å². The van der Waals surface area contributed by atoms with Gasteiger partial charge in [0.15, 0.2) is 5.78 Å². The van der Waals surface area contributed by atoms with E-state index in [0.29, 0.717) is 25.0 Å². The molecule has 130 valence electrons. The number of carboxylic acids is 1. The van der Waals surface area contributed by atoms with Crippen molar-refractivity contribution in [2.24, 2.45) is 0 Å². The number of anilines is 1. The molecule has 25 heavy (non-hydrogen) atoms. The molecule has 2 aromatic rings. The van der Waals surface area contributed by atoms with Crippen LogP contribution in [-0.4, -0.2) is 34.0 Å². The molecule has 2 aliphatic heterocycles. The lowest BCUT2D eigenvalue weighted by Gasteiger charge is -2.34. The summed E-state index contributed by atoms with van der Waals surface area (Å²) in [4.78, 5) is 38.5. The smallest absolute Gasteiger partial charge is 0.341 e. The molecule has 3 heterocycles. The van der Waals surface area contributed by atoms with Crippen molar-refractivity contribution in [3.63, 3.8) is 0 Å². The quantitative estimate of drug-likeness (QED) is 0.905. The van der Waals surface area contributed by atoms with Crippen LogP contribution in [0.25, 0.3) is 10.9 Å². The number of fused-ring (bicyclic) bond motifs is 5. The lowest BCUT2D eigenvalue weighted by Crippen LogP contribution is -2.38. The number of carboxylic acid groups (broad SMARTS) is 1. The number of aromatic nitrogens is 1. The minimum Gasteiger partial charge on any atom is -0.477 e. The summed E-state index contributed by atoms with van der Waals surface area (Å²) in [5.74, 6) is -2.18. The number of Topliss-reactive ketones (excluding diaryl/α,β-unsaturated/α-hetero) is 1. The minimum atomic E-state index is -1.36. The van der Waals surface area contributed by atoms with Crippen LogP contribution < -0.4 is 10.3 Å². The first kappa shape index (κ1) is 15.8. The van der Waals surface area contributed by atoms with Gasteiger partial charge in [0.25, 0.3) is 0 Å². The molecule has 0 spiro atoms. The Hall–Kier alpha value is -2.70. The molecule has 2 aliphatic rings. The van der Waals surface area contributed by atoms with Crippen molar-refractivity contribution in [3.8, 4) is 0 Å². The highest BCUT2D eigenvalue weighted by atomic mass is 19.1. The maximum absolute atomic E-state index is 14.9. The first-order valence-corrected chi connectivity index (χ1v) is 8.36. The number of rotatable bonds is 2. The number of ketones is 1. The highest BCUT2D eigenvalue weighted by Gasteiger charge is 2.38. The summed E-state index contributed by atoms with van der Waals surface area (Å²) >= 11 is 0. The fraction of sp³-hybridized carbons (Fsp3) is 0.389. The zero-order valence-corrected chi connectivity index (χ0v) is 13.7. The van der Waals surface area contributed by atoms with Crippen LogP contribution in [0.3, 0.4) is 0 Å². The van der Waals surface area contributed by atoms with E-state index in [1.165, 1.54) is 6.20 Å². The van der Waals surface area contributed by atoms with Gasteiger partial charge >= 0.3 is 5.97 Å². The highest BCUT2D eigenvalue weighted by molar-refractivity contribution is 6.14. The van der Waals surface area contributed by atoms with Gasteiger partial charge in [0.05, 0.1) is 22.2 Å². The number of aryl methyl sites for hydroxylation is 1. The van der Waals surface area contributed by atoms with Gasteiger partial charge in [-0.3, -0.25) is 9.59 Å². The maximum Gasteiger partial charge on any atom is 0.341 e. The van der Waals surface area contributed by atoms with E-state index >= 15 is 0 Å². The molecule has 1 aromatic heterocycles. The highest BCUT2D eigenvalue weighted by Crippen LogP contribution is 2.41. The van der Waals surface area contributed by atoms with Crippen LogP contribution in [0, 0.1) is 5.82 Å². The second-order valence-corrected chi connectivity index (χ2v) is 6.56. The third kappa shape index (κ3) is 2.11. The Morgan fingerprint density at radius 1 is 1.40 bits per heavy atom. The molecule has 1 N–H and O–H groups in total. The topological polar surface area (TPSA) is 79.6 Å². The molecular formula is C18H17FN2O4. The molecule has 0 radical (unpaired) electrons. The molecule has 1 fully saturated rings. The molecule has 0 bridgehead atoms. The number of hydrogen-bond donors (Lipinski definition) is 1. The SMILES string of the molecule is CCn1cc(C(=O)O)c(=O)c2cc(F)c3c(c21)C(=O)CC1CCCN31. The van der Waals surface area contributed by atoms with Gasteiger partial charge in [0, 0.05) is 31.7 Å². The molecule has 1 aromatic carbocycles. The number of benzene rings is 1. The van der Waals surface area contributed by atoms with Gasteiger partial charge in [-0.1, -0.05) is 0 Å². The zero-order chi connectivity index (χ0) is 17.9. The number of nitrogens with zero attached hydrogens (tertiary/aromatic N) is 2. The Kier molecular flexibility index (Phi) is 3.42. The summed E-state index contributed by atoms with van der Waals surface area (Å²) in [6.45, 7) is 2.83. The van der Waals surface area contributed by atoms with E-state index in [0.717, 1.165) is 18.9 Å². The molecule has 1 saturated heterocycles. The van der Waals surface area contributed by atoms with Crippen LogP contribution in [0.4, 0.5) is 10.1 Å². The third-order valence-corrected chi connectivity index (χ3v) is 5.22. The summed E-state index contributed by atoms with van der Waals surface area (Å²) in [6.07, 6.45) is 3.28. The Bertz CT molecular complexity index is 995. The average molecular weight is 344 g/mol. The fourth-order valence-corrected chi connectivity index (χ4v) is 4.13. The largest absolute Gasteiger partial charge is 0.477 e. The predicted molar refractivity (Wildman–Crippen MR) is 90.1 cm³/mol. The van der Waals surface area contributed by atoms with Gasteiger partial charge in [-0.15, -0.1) is 0 Å². The average Bonchev–Trinajstić information content (AvgIpc) is 3.03. The normalized spacial score (nSPS) is 19.2. The summed E-state index contributed by atoms with van der Waals surface area (Å²) in [6, 6.07) is 1.09. The fourth-order valence-electron chi connectivity index (χ4n) is 4.13. The monoisotopic (exact) mass is 344 g/mol. The van der Waals surface area contributed by atoms with Gasteiger partial charge in [-0.25, -0.2) is 9.18 Å². The second kappa shape index (κ2) is 5.40. The summed E-state index contributed by atoms with van der Waals surface area (Å²) < 4.78 is 16.4. The summed E-state index contributed by atoms with van der Waals surface area (Å²) in [7, 11) is 0. The molecular weight excluding hydrogens is 327 g/mol. The van der Waals surface area contributed by atoms with Gasteiger partial charge in [0.1, 0.15) is 11.4 Å². The molecule has 1 unspecified atom stereocenters. The molecule has 1 atom stereocenters. The molecule has 0 aliphatic carbocycles. The Balaban J connectivity index is 2.16. The van der Waals surface area contributed by atoms with Crippen LogP contribution in [0.2, 0.25) is 0 Å². The van der Waals surface area contributed by atoms with Crippen molar-refractivity contribution in [2.75, 3.05) is 11.4 Å². The number of hydrogen-bond acceptors (Lipinski definition) is 4. The van der Waals surface area contributed by atoms with Crippen molar-refractivity contribution >= 4 is 28.3 Å². The zero-order valence-electron chi connectivity index (χ0n) is 13.7. The van der Waals surface area contributed by atoms with Crippen LogP contribution in [0.15, 0.2) is 17.1 Å². The van der Waals surface area contributed by atoms with Gasteiger partial charge < -0.3 is 14.6 Å². The minimum absolute atomic E-state index is 0.00652. The van der Waals surface area contributed by atoms with Crippen molar-refractivity contribution in [2.45, 2.75) is 38.8 Å². The van der Waals surface area contributed by atoms with Crippen molar-refractivity contribution in [3.05, 3.63) is 39.4 Å². The van der Waals surface area contributed by atoms with Gasteiger partial charge in [-0.05, 0) is 25.8 Å². The Morgan fingerprint density at radius 2 is 2.16 bits per heavy atom. The van der Waals surface area contributed by atoms with Crippen LogP contribution in [-0.2, 0) is 6.54 Å². The second-order valence-electron chi connectivity index (χ2n) is 6.56. The number of carbonyl (C=O) groups is 2. The molecule has 0 saturated carbocycles. The lowest BCUT2D eigenvalue weighted by molar-refractivity contribution is 0.0694. The number of halogens is 1. The van der Waals surface area contributed by atoms with Crippen LogP contribution in [0.1, 0.15) is 46.9 Å². The first-order valence-electron chi connectivity index (χ1n) is 8.36. The Morgan fingerprint density at radius 3 is 2.84 bits per heavy atom. The molecule has 6 nitrogen and oxygen atoms in total. The molecule has 7 heteroatoms. The van der Waals surface area contributed by atoms with Gasteiger partial charge in [0.2, 0.25) is 5.43 Å². The number of aromatic carboxylic acids is 1. The predicted octanol–water partition coefficient (Wildman–Crippen LogP) is 2.41. The van der Waals surface area contributed by atoms with E-state index in [4.69, 9.17) is 0 Å². The van der Waals surface area contributed by atoms with E-state index < -0.39 is 22.8 Å². The summed E-state index contributed by atoms with van der Waals surface area (Å²) in [5.41, 5.74) is -0.370. The van der Waals surface area contributed by atoms with Crippen LogP contribution in [0.5, 0.6) is 0 Å². The van der Waals surface area contributed by atoms with E-state index in [-0.39, 0.29) is 28.5 Å². The molecule has 4 rings (SSSR count). The third-order valence-electron chi connectivity index (χ3n) is 5.22. The number of pyridine rings is 1. The lowest BCUT2D eigenvalue weighted by atomic mass is 9.92. The maximum atomic E-state index is 14.9.